The van der Waals surface area contributed by atoms with Gasteiger partial charge in [-0.1, -0.05) is 6.07 Å². The highest BCUT2D eigenvalue weighted by atomic mass is 16.5. The van der Waals surface area contributed by atoms with Gasteiger partial charge in [-0.05, 0) is 37.3 Å². The van der Waals surface area contributed by atoms with Crippen molar-refractivity contribution in [3.63, 3.8) is 0 Å². The van der Waals surface area contributed by atoms with E-state index < -0.39 is 18.7 Å². The Morgan fingerprint density at radius 1 is 1.17 bits per heavy atom. The quantitative estimate of drug-likeness (QED) is 0.245. The lowest BCUT2D eigenvalue weighted by Crippen LogP contribution is -2.17. The van der Waals surface area contributed by atoms with Gasteiger partial charge < -0.3 is 34.8 Å². The number of anilines is 1. The van der Waals surface area contributed by atoms with Crippen LogP contribution in [0.2, 0.25) is 0 Å². The first-order chi connectivity index (χ1) is 16.8. The van der Waals surface area contributed by atoms with Crippen LogP contribution >= 0.6 is 0 Å². The summed E-state index contributed by atoms with van der Waals surface area (Å²) in [4.78, 5) is 31.2. The molecule has 35 heavy (non-hydrogen) atoms. The van der Waals surface area contributed by atoms with Crippen LogP contribution in [0.4, 0.5) is 5.69 Å². The van der Waals surface area contributed by atoms with Gasteiger partial charge in [0.15, 0.2) is 5.76 Å². The molecule has 0 radical (unpaired) electrons. The van der Waals surface area contributed by atoms with Crippen molar-refractivity contribution in [2.45, 2.75) is 19.4 Å². The van der Waals surface area contributed by atoms with Gasteiger partial charge in [-0.15, -0.1) is 0 Å². The van der Waals surface area contributed by atoms with Crippen LogP contribution in [0.5, 0.6) is 11.5 Å². The molecule has 0 saturated carbocycles. The topological polar surface area (TPSA) is 158 Å². The van der Waals surface area contributed by atoms with Gasteiger partial charge in [0.25, 0.3) is 5.91 Å². The molecule has 3 heterocycles. The summed E-state index contributed by atoms with van der Waals surface area (Å²) in [6.45, 7) is 1.29. The number of H-pyrrole nitrogens is 1. The summed E-state index contributed by atoms with van der Waals surface area (Å²) >= 11 is 0. The second-order valence-electron chi connectivity index (χ2n) is 7.81. The molecule has 1 unspecified atom stereocenters. The minimum absolute atomic E-state index is 0.0177. The van der Waals surface area contributed by atoms with Crippen LogP contribution in [0.15, 0.2) is 65.4 Å². The van der Waals surface area contributed by atoms with Crippen molar-refractivity contribution in [2.24, 2.45) is 0 Å². The van der Waals surface area contributed by atoms with Crippen molar-refractivity contribution in [1.29, 1.82) is 0 Å². The summed E-state index contributed by atoms with van der Waals surface area (Å²) in [6, 6.07) is 13.2. The molecule has 3 aromatic heterocycles. The van der Waals surface area contributed by atoms with E-state index in [1.807, 2.05) is 0 Å². The van der Waals surface area contributed by atoms with Crippen LogP contribution in [0, 0.1) is 6.92 Å². The molecule has 0 aliphatic carbocycles. The number of amides is 1. The van der Waals surface area contributed by atoms with Crippen molar-refractivity contribution in [3.05, 3.63) is 83.6 Å². The molecule has 10 heteroatoms. The molecule has 4 rings (SSSR count). The summed E-state index contributed by atoms with van der Waals surface area (Å²) in [6.07, 6.45) is 1.82. The molecule has 0 aliphatic rings. The Morgan fingerprint density at radius 3 is 2.69 bits per heavy atom. The molecule has 1 amide bonds. The molecule has 0 bridgehead atoms. The first-order valence-electron chi connectivity index (χ1n) is 10.7. The van der Waals surface area contributed by atoms with Gasteiger partial charge in [-0.25, -0.2) is 4.79 Å². The maximum Gasteiger partial charge on any atom is 0.337 e. The number of pyridine rings is 1. The zero-order valence-corrected chi connectivity index (χ0v) is 18.7. The number of furan rings is 1. The highest BCUT2D eigenvalue weighted by Crippen LogP contribution is 2.28. The molecule has 5 N–H and O–H groups in total. The van der Waals surface area contributed by atoms with E-state index in [-0.39, 0.29) is 29.3 Å². The number of carboxylic acid groups (broad SMARTS) is 1. The summed E-state index contributed by atoms with van der Waals surface area (Å²) < 4.78 is 11.1. The SMILES string of the molecule is Cc1ccoc1C(=O)Nc1cccc(Oc2ccnc(-c3cc(C(=O)O)c(CC(O)CO)[nH]3)c2)c1. The Morgan fingerprint density at radius 2 is 1.97 bits per heavy atom. The fourth-order valence-corrected chi connectivity index (χ4v) is 3.48. The van der Waals surface area contributed by atoms with E-state index in [0.29, 0.717) is 28.6 Å². The van der Waals surface area contributed by atoms with Crippen molar-refractivity contribution in [2.75, 3.05) is 11.9 Å². The number of nitrogens with one attached hydrogen (secondary N) is 2. The third-order valence-electron chi connectivity index (χ3n) is 5.18. The predicted octanol–water partition coefficient (Wildman–Crippen LogP) is 3.62. The zero-order valence-electron chi connectivity index (χ0n) is 18.7. The van der Waals surface area contributed by atoms with Crippen molar-refractivity contribution in [3.8, 4) is 22.9 Å². The number of ether oxygens (including phenoxy) is 1. The smallest absolute Gasteiger partial charge is 0.337 e. The van der Waals surface area contributed by atoms with Crippen molar-refractivity contribution < 1.29 is 34.1 Å². The number of aromatic amines is 1. The number of aryl methyl sites for hydroxylation is 1. The number of aliphatic hydroxyl groups excluding tert-OH is 2. The Hall–Kier alpha value is -4.41. The largest absolute Gasteiger partial charge is 0.478 e. The first kappa shape index (κ1) is 23.7. The van der Waals surface area contributed by atoms with Crippen LogP contribution in [0.1, 0.15) is 32.2 Å². The highest BCUT2D eigenvalue weighted by Gasteiger charge is 2.19. The third-order valence-corrected chi connectivity index (χ3v) is 5.18. The monoisotopic (exact) mass is 477 g/mol. The average Bonchev–Trinajstić information content (AvgIpc) is 3.46. The summed E-state index contributed by atoms with van der Waals surface area (Å²) in [5, 5.41) is 31.1. The molecule has 10 nitrogen and oxygen atoms in total. The lowest BCUT2D eigenvalue weighted by molar-refractivity contribution is 0.0691. The molecule has 4 aromatic rings. The van der Waals surface area contributed by atoms with Crippen LogP contribution < -0.4 is 10.1 Å². The summed E-state index contributed by atoms with van der Waals surface area (Å²) in [5.74, 6) is -0.417. The predicted molar refractivity (Wildman–Crippen MR) is 126 cm³/mol. The number of hydrogen-bond donors (Lipinski definition) is 5. The number of aliphatic hydroxyl groups is 2. The van der Waals surface area contributed by atoms with Crippen LogP contribution in [-0.2, 0) is 6.42 Å². The van der Waals surface area contributed by atoms with Crippen LogP contribution in [0.25, 0.3) is 11.4 Å². The van der Waals surface area contributed by atoms with Crippen LogP contribution in [-0.4, -0.2) is 49.9 Å². The van der Waals surface area contributed by atoms with Gasteiger partial charge in [0.05, 0.1) is 35.9 Å². The van der Waals surface area contributed by atoms with Crippen molar-refractivity contribution >= 4 is 17.6 Å². The second kappa shape index (κ2) is 10.2. The van der Waals surface area contributed by atoms with Gasteiger partial charge in [0.1, 0.15) is 11.5 Å². The van der Waals surface area contributed by atoms with Crippen LogP contribution in [0.3, 0.4) is 0 Å². The number of aromatic carboxylic acids is 1. The molecule has 1 aromatic carbocycles. The summed E-state index contributed by atoms with van der Waals surface area (Å²) in [7, 11) is 0. The number of rotatable bonds is 9. The number of hydrogen-bond acceptors (Lipinski definition) is 7. The summed E-state index contributed by atoms with van der Waals surface area (Å²) in [5.41, 5.74) is 2.34. The molecular weight excluding hydrogens is 454 g/mol. The van der Waals surface area contributed by atoms with Gasteiger partial charge >= 0.3 is 5.97 Å². The van der Waals surface area contributed by atoms with E-state index >= 15 is 0 Å². The Bertz CT molecular complexity index is 1360. The number of carbonyl (C=O) groups excluding carboxylic acids is 1. The molecule has 0 aliphatic heterocycles. The fraction of sp³-hybridized carbons (Fsp3) is 0.160. The van der Waals surface area contributed by atoms with Gasteiger partial charge in [-0.2, -0.15) is 0 Å². The minimum atomic E-state index is -1.16. The second-order valence-corrected chi connectivity index (χ2v) is 7.81. The maximum absolute atomic E-state index is 12.4. The Balaban J connectivity index is 1.53. The van der Waals surface area contributed by atoms with Gasteiger partial charge in [-0.3, -0.25) is 9.78 Å². The van der Waals surface area contributed by atoms with E-state index in [9.17, 15) is 19.8 Å². The first-order valence-corrected chi connectivity index (χ1v) is 10.7. The normalized spacial score (nSPS) is 11.7. The number of benzene rings is 1. The highest BCUT2D eigenvalue weighted by molar-refractivity contribution is 6.03. The number of carbonyl (C=O) groups is 2. The molecule has 0 fully saturated rings. The number of nitrogens with zero attached hydrogens (tertiary/aromatic N) is 1. The molecule has 1 atom stereocenters. The van der Waals surface area contributed by atoms with E-state index in [4.69, 9.17) is 14.3 Å². The minimum Gasteiger partial charge on any atom is -0.478 e. The number of carboxylic acids is 1. The molecule has 0 spiro atoms. The van der Waals surface area contributed by atoms with E-state index in [1.165, 1.54) is 18.5 Å². The molecule has 180 valence electrons. The zero-order chi connectivity index (χ0) is 24.9. The lowest BCUT2D eigenvalue weighted by atomic mass is 10.1. The number of aromatic nitrogens is 2. The van der Waals surface area contributed by atoms with E-state index in [2.05, 4.69) is 15.3 Å². The molecule has 0 saturated heterocycles. The fourth-order valence-electron chi connectivity index (χ4n) is 3.48. The molecular formula is C25H23N3O7. The average molecular weight is 477 g/mol. The third kappa shape index (κ3) is 5.57. The lowest BCUT2D eigenvalue weighted by Gasteiger charge is -2.09. The Kier molecular flexibility index (Phi) is 6.95. The van der Waals surface area contributed by atoms with Crippen molar-refractivity contribution in [1.82, 2.24) is 9.97 Å². The van der Waals surface area contributed by atoms with E-state index in [1.54, 1.807) is 49.4 Å². The maximum atomic E-state index is 12.4. The van der Waals surface area contributed by atoms with Gasteiger partial charge in [0.2, 0.25) is 0 Å². The standard InChI is InChI=1S/C25H23N3O7/c1-14-6-8-34-23(14)24(31)27-15-3-2-4-17(9-15)35-18-5-7-26-21(11-18)22-12-19(25(32)33)20(28-22)10-16(30)13-29/h2-9,11-12,16,28-30H,10,13H2,1H3,(H,27,31)(H,32,33). The van der Waals surface area contributed by atoms with Gasteiger partial charge in [0, 0.05) is 41.7 Å². The Labute approximate surface area is 199 Å². The van der Waals surface area contributed by atoms with E-state index in [0.717, 1.165) is 5.56 Å².